The third-order valence-corrected chi connectivity index (χ3v) is 4.02. The Morgan fingerprint density at radius 3 is 2.54 bits per heavy atom. The fourth-order valence-corrected chi connectivity index (χ4v) is 2.84. The molecule has 1 aromatic carbocycles. The molecule has 8 heteroatoms. The number of hydrogen-bond donors (Lipinski definition) is 1. The molecule has 0 saturated carbocycles. The first kappa shape index (κ1) is 18.1. The van der Waals surface area contributed by atoms with Crippen molar-refractivity contribution in [1.82, 2.24) is 14.5 Å². The molecule has 2 heterocycles. The second kappa shape index (κ2) is 7.67. The van der Waals surface area contributed by atoms with Crippen molar-refractivity contribution in [1.29, 1.82) is 0 Å². The average Bonchev–Trinajstić information content (AvgIpc) is 2.88. The SMILES string of the molecule is COCCn1c(N)c(C(=O)OC(C)COC)c2nc3ccccc3nc21. The number of esters is 1. The van der Waals surface area contributed by atoms with Crippen molar-refractivity contribution in [3.63, 3.8) is 0 Å². The number of nitrogens with zero attached hydrogens (tertiary/aromatic N) is 3. The quantitative estimate of drug-likeness (QED) is 0.645. The van der Waals surface area contributed by atoms with Crippen LogP contribution in [0.25, 0.3) is 22.2 Å². The van der Waals surface area contributed by atoms with E-state index in [1.165, 1.54) is 0 Å². The molecule has 2 aromatic heterocycles. The van der Waals surface area contributed by atoms with Crippen molar-refractivity contribution in [3.05, 3.63) is 29.8 Å². The average molecular weight is 358 g/mol. The molecule has 2 N–H and O–H groups in total. The lowest BCUT2D eigenvalue weighted by Gasteiger charge is -2.12. The summed E-state index contributed by atoms with van der Waals surface area (Å²) < 4.78 is 17.3. The van der Waals surface area contributed by atoms with Gasteiger partial charge in [0.2, 0.25) is 0 Å². The van der Waals surface area contributed by atoms with Crippen LogP contribution in [0.5, 0.6) is 0 Å². The number of nitrogens with two attached hydrogens (primary N) is 1. The van der Waals surface area contributed by atoms with Crippen LogP contribution in [0.1, 0.15) is 17.3 Å². The number of anilines is 1. The van der Waals surface area contributed by atoms with E-state index in [-0.39, 0.29) is 11.4 Å². The van der Waals surface area contributed by atoms with E-state index in [2.05, 4.69) is 9.97 Å². The monoisotopic (exact) mass is 358 g/mol. The van der Waals surface area contributed by atoms with Crippen LogP contribution in [-0.4, -0.2) is 54.0 Å². The number of para-hydroxylation sites is 2. The minimum atomic E-state index is -0.544. The number of aromatic nitrogens is 3. The summed E-state index contributed by atoms with van der Waals surface area (Å²) in [7, 11) is 3.15. The Morgan fingerprint density at radius 1 is 1.19 bits per heavy atom. The molecule has 26 heavy (non-hydrogen) atoms. The third kappa shape index (κ3) is 3.33. The maximum Gasteiger partial charge on any atom is 0.344 e. The van der Waals surface area contributed by atoms with Gasteiger partial charge in [0.1, 0.15) is 23.0 Å². The number of carbonyl (C=O) groups is 1. The Kier molecular flexibility index (Phi) is 5.34. The molecule has 0 aliphatic rings. The van der Waals surface area contributed by atoms with E-state index in [0.717, 1.165) is 5.52 Å². The second-order valence-corrected chi connectivity index (χ2v) is 5.96. The Balaban J connectivity index is 2.15. The van der Waals surface area contributed by atoms with Crippen LogP contribution in [0.2, 0.25) is 0 Å². The summed E-state index contributed by atoms with van der Waals surface area (Å²) >= 11 is 0. The minimum Gasteiger partial charge on any atom is -0.456 e. The zero-order chi connectivity index (χ0) is 18.7. The van der Waals surface area contributed by atoms with Gasteiger partial charge in [-0.1, -0.05) is 12.1 Å². The van der Waals surface area contributed by atoms with Gasteiger partial charge in [0.25, 0.3) is 0 Å². The van der Waals surface area contributed by atoms with E-state index < -0.39 is 12.1 Å². The molecule has 0 aliphatic carbocycles. The highest BCUT2D eigenvalue weighted by Gasteiger charge is 2.26. The molecule has 0 bridgehead atoms. The highest BCUT2D eigenvalue weighted by Crippen LogP contribution is 2.28. The van der Waals surface area contributed by atoms with Gasteiger partial charge in [0.05, 0.1) is 24.2 Å². The largest absolute Gasteiger partial charge is 0.456 e. The zero-order valence-electron chi connectivity index (χ0n) is 15.1. The van der Waals surface area contributed by atoms with Gasteiger partial charge in [0.15, 0.2) is 5.65 Å². The highest BCUT2D eigenvalue weighted by atomic mass is 16.6. The fourth-order valence-electron chi connectivity index (χ4n) is 2.84. The molecule has 0 saturated heterocycles. The third-order valence-electron chi connectivity index (χ3n) is 4.02. The molecule has 3 rings (SSSR count). The number of fused-ring (bicyclic) bond motifs is 2. The molecule has 0 radical (unpaired) electrons. The number of hydrogen-bond acceptors (Lipinski definition) is 7. The molecule has 0 amide bonds. The highest BCUT2D eigenvalue weighted by molar-refractivity contribution is 6.08. The number of nitrogen functional groups attached to an aromatic ring is 1. The van der Waals surface area contributed by atoms with Crippen LogP contribution in [-0.2, 0) is 20.8 Å². The summed E-state index contributed by atoms with van der Waals surface area (Å²) in [5.41, 5.74) is 8.85. The van der Waals surface area contributed by atoms with Gasteiger partial charge >= 0.3 is 5.97 Å². The van der Waals surface area contributed by atoms with Crippen LogP contribution in [0, 0.1) is 0 Å². The van der Waals surface area contributed by atoms with Gasteiger partial charge in [0, 0.05) is 20.8 Å². The van der Waals surface area contributed by atoms with Gasteiger partial charge < -0.3 is 24.5 Å². The van der Waals surface area contributed by atoms with Crippen LogP contribution in [0.15, 0.2) is 24.3 Å². The molecule has 0 fully saturated rings. The van der Waals surface area contributed by atoms with Gasteiger partial charge in [-0.25, -0.2) is 14.8 Å². The first-order valence-electron chi connectivity index (χ1n) is 8.30. The molecule has 8 nitrogen and oxygen atoms in total. The zero-order valence-corrected chi connectivity index (χ0v) is 15.1. The summed E-state index contributed by atoms with van der Waals surface area (Å²) in [6.07, 6.45) is -0.405. The predicted octanol–water partition coefficient (Wildman–Crippen LogP) is 2.00. The van der Waals surface area contributed by atoms with E-state index in [1.54, 1.807) is 25.7 Å². The summed E-state index contributed by atoms with van der Waals surface area (Å²) in [5, 5.41) is 0. The van der Waals surface area contributed by atoms with Crippen molar-refractivity contribution >= 4 is 34.0 Å². The summed E-state index contributed by atoms with van der Waals surface area (Å²) in [5.74, 6) is -0.278. The first-order valence-corrected chi connectivity index (χ1v) is 8.30. The van der Waals surface area contributed by atoms with Crippen LogP contribution in [0.4, 0.5) is 5.82 Å². The Morgan fingerprint density at radius 2 is 1.88 bits per heavy atom. The van der Waals surface area contributed by atoms with Gasteiger partial charge in [-0.2, -0.15) is 0 Å². The molecule has 1 unspecified atom stereocenters. The Bertz CT molecular complexity index is 938. The van der Waals surface area contributed by atoms with Gasteiger partial charge in [-0.3, -0.25) is 0 Å². The number of rotatable bonds is 7. The Labute approximate surface area is 150 Å². The normalized spacial score (nSPS) is 12.6. The van der Waals surface area contributed by atoms with Gasteiger partial charge in [-0.05, 0) is 19.1 Å². The smallest absolute Gasteiger partial charge is 0.344 e. The maximum atomic E-state index is 12.7. The topological polar surface area (TPSA) is 101 Å². The molecule has 0 aliphatic heterocycles. The standard InChI is InChI=1S/C18H22N4O4/c1-11(10-25-3)26-18(23)14-15-17(22(16(14)19)8-9-24-2)21-13-7-5-4-6-12(13)20-15/h4-7,11H,8-10,19H2,1-3H3. The number of benzene rings is 1. The van der Waals surface area contributed by atoms with Crippen molar-refractivity contribution in [2.75, 3.05) is 33.2 Å². The molecule has 3 aromatic rings. The lowest BCUT2D eigenvalue weighted by Crippen LogP contribution is -2.20. The second-order valence-electron chi connectivity index (χ2n) is 5.96. The fraction of sp³-hybridized carbons (Fsp3) is 0.389. The summed E-state index contributed by atoms with van der Waals surface area (Å²) in [4.78, 5) is 22.0. The van der Waals surface area contributed by atoms with E-state index in [0.29, 0.717) is 36.4 Å². The molecule has 0 spiro atoms. The number of ether oxygens (including phenoxy) is 3. The van der Waals surface area contributed by atoms with E-state index in [9.17, 15) is 4.79 Å². The molecule has 1 atom stereocenters. The van der Waals surface area contributed by atoms with E-state index in [4.69, 9.17) is 19.9 Å². The Hall–Kier alpha value is -2.71. The van der Waals surface area contributed by atoms with Crippen molar-refractivity contribution in [2.45, 2.75) is 19.6 Å². The number of methoxy groups -OCH3 is 2. The predicted molar refractivity (Wildman–Crippen MR) is 98.1 cm³/mol. The van der Waals surface area contributed by atoms with E-state index >= 15 is 0 Å². The minimum absolute atomic E-state index is 0.220. The van der Waals surface area contributed by atoms with Crippen molar-refractivity contribution in [2.24, 2.45) is 0 Å². The van der Waals surface area contributed by atoms with Crippen LogP contribution in [0.3, 0.4) is 0 Å². The molecule has 138 valence electrons. The lowest BCUT2D eigenvalue weighted by molar-refractivity contribution is 0.0123. The van der Waals surface area contributed by atoms with Crippen molar-refractivity contribution < 1.29 is 19.0 Å². The molecular formula is C18H22N4O4. The summed E-state index contributed by atoms with van der Waals surface area (Å²) in [6, 6.07) is 7.46. The first-order chi connectivity index (χ1) is 12.6. The van der Waals surface area contributed by atoms with Crippen LogP contribution < -0.4 is 5.73 Å². The van der Waals surface area contributed by atoms with E-state index in [1.807, 2.05) is 24.3 Å². The maximum absolute atomic E-state index is 12.7. The lowest BCUT2D eigenvalue weighted by atomic mass is 10.2. The summed E-state index contributed by atoms with van der Waals surface area (Å²) in [6.45, 7) is 2.93. The van der Waals surface area contributed by atoms with Crippen LogP contribution >= 0.6 is 0 Å². The number of carbonyl (C=O) groups excluding carboxylic acids is 1. The van der Waals surface area contributed by atoms with Crippen molar-refractivity contribution in [3.8, 4) is 0 Å². The van der Waals surface area contributed by atoms with Gasteiger partial charge in [-0.15, -0.1) is 0 Å². The molecular weight excluding hydrogens is 336 g/mol.